The molecular weight excluding hydrogens is 296 g/mol. The van der Waals surface area contributed by atoms with Crippen LogP contribution in [0.2, 0.25) is 0 Å². The Labute approximate surface area is 131 Å². The van der Waals surface area contributed by atoms with Gasteiger partial charge < -0.3 is 18.6 Å². The van der Waals surface area contributed by atoms with Crippen LogP contribution in [0.5, 0.6) is 17.2 Å². The van der Waals surface area contributed by atoms with Crippen LogP contribution < -0.4 is 14.2 Å². The molecule has 0 fully saturated rings. The molecule has 0 saturated carbocycles. The van der Waals surface area contributed by atoms with Gasteiger partial charge in [-0.05, 0) is 42.0 Å². The van der Waals surface area contributed by atoms with Crippen molar-refractivity contribution in [1.82, 2.24) is 10.2 Å². The predicted molar refractivity (Wildman–Crippen MR) is 80.5 cm³/mol. The molecule has 0 unspecified atom stereocenters. The first kappa shape index (κ1) is 12.5. The number of fused-ring (bicyclic) bond motifs is 2. The molecule has 0 aliphatic carbocycles. The Balaban J connectivity index is 1.51. The highest BCUT2D eigenvalue weighted by atomic mass is 16.7. The summed E-state index contributed by atoms with van der Waals surface area (Å²) in [5.74, 6) is 3.30. The highest BCUT2D eigenvalue weighted by molar-refractivity contribution is 5.63. The van der Waals surface area contributed by atoms with Gasteiger partial charge in [-0.1, -0.05) is 0 Å². The highest BCUT2D eigenvalue weighted by Gasteiger charge is 2.18. The van der Waals surface area contributed by atoms with Gasteiger partial charge in [-0.2, -0.15) is 0 Å². The third-order valence-corrected chi connectivity index (χ3v) is 3.98. The van der Waals surface area contributed by atoms with E-state index in [4.69, 9.17) is 18.6 Å². The summed E-state index contributed by atoms with van der Waals surface area (Å²) in [6.45, 7) is 0.968. The molecule has 3 heterocycles. The van der Waals surface area contributed by atoms with Crippen molar-refractivity contribution in [2.24, 2.45) is 0 Å². The molecule has 0 spiro atoms. The summed E-state index contributed by atoms with van der Waals surface area (Å²) in [5.41, 5.74) is 2.87. The zero-order chi connectivity index (χ0) is 15.2. The lowest BCUT2D eigenvalue weighted by atomic mass is 10.1. The second-order valence-corrected chi connectivity index (χ2v) is 5.40. The van der Waals surface area contributed by atoms with Crippen molar-refractivity contribution in [2.75, 3.05) is 13.4 Å². The lowest BCUT2D eigenvalue weighted by Gasteiger charge is -2.00. The van der Waals surface area contributed by atoms with Gasteiger partial charge in [0, 0.05) is 17.5 Å². The molecule has 3 aromatic rings. The molecule has 6 nitrogen and oxygen atoms in total. The molecular formula is C17H12N2O4. The van der Waals surface area contributed by atoms with Gasteiger partial charge >= 0.3 is 0 Å². The summed E-state index contributed by atoms with van der Waals surface area (Å²) in [6, 6.07) is 11.5. The third-order valence-electron chi connectivity index (χ3n) is 3.98. The van der Waals surface area contributed by atoms with E-state index in [1.807, 2.05) is 36.4 Å². The maximum absolute atomic E-state index is 5.82. The molecule has 2 aromatic carbocycles. The van der Waals surface area contributed by atoms with E-state index >= 15 is 0 Å². The molecule has 0 saturated heterocycles. The Morgan fingerprint density at radius 1 is 0.739 bits per heavy atom. The Morgan fingerprint density at radius 3 is 2.35 bits per heavy atom. The zero-order valence-corrected chi connectivity index (χ0v) is 12.1. The van der Waals surface area contributed by atoms with Crippen LogP contribution in [0.25, 0.3) is 22.9 Å². The maximum atomic E-state index is 5.82. The average molecular weight is 308 g/mol. The molecule has 0 radical (unpaired) electrons. The standard InChI is InChI=1S/C17H12N2O4/c1-3-13-10(5-6-20-13)7-11(1)16-18-19-17(23-16)12-2-4-14-15(8-12)22-9-21-14/h1-4,7-8H,5-6,9H2. The number of benzene rings is 2. The smallest absolute Gasteiger partial charge is 0.248 e. The topological polar surface area (TPSA) is 66.6 Å². The molecule has 2 aliphatic heterocycles. The van der Waals surface area contributed by atoms with Crippen LogP contribution in [-0.2, 0) is 6.42 Å². The van der Waals surface area contributed by atoms with Crippen molar-refractivity contribution in [2.45, 2.75) is 6.42 Å². The van der Waals surface area contributed by atoms with Gasteiger partial charge in [0.05, 0.1) is 6.61 Å². The summed E-state index contributed by atoms with van der Waals surface area (Å²) >= 11 is 0. The number of hydrogen-bond donors (Lipinski definition) is 0. The molecule has 1 aromatic heterocycles. The van der Waals surface area contributed by atoms with E-state index in [9.17, 15) is 0 Å². The zero-order valence-electron chi connectivity index (χ0n) is 12.1. The minimum atomic E-state index is 0.241. The minimum Gasteiger partial charge on any atom is -0.493 e. The first-order chi connectivity index (χ1) is 11.4. The Bertz CT molecular complexity index is 831. The number of hydrogen-bond acceptors (Lipinski definition) is 6. The number of rotatable bonds is 2. The summed E-state index contributed by atoms with van der Waals surface area (Å²) in [4.78, 5) is 0. The quantitative estimate of drug-likeness (QED) is 0.725. The van der Waals surface area contributed by atoms with Gasteiger partial charge in [-0.25, -0.2) is 0 Å². The van der Waals surface area contributed by atoms with Gasteiger partial charge in [0.2, 0.25) is 18.6 Å². The lowest BCUT2D eigenvalue weighted by molar-refractivity contribution is 0.174. The normalized spacial score (nSPS) is 14.6. The fourth-order valence-electron chi connectivity index (χ4n) is 2.81. The summed E-state index contributed by atoms with van der Waals surface area (Å²) in [6.07, 6.45) is 0.909. The van der Waals surface area contributed by atoms with Crippen molar-refractivity contribution in [1.29, 1.82) is 0 Å². The van der Waals surface area contributed by atoms with Crippen LogP contribution in [0.4, 0.5) is 0 Å². The molecule has 114 valence electrons. The first-order valence-electron chi connectivity index (χ1n) is 7.36. The van der Waals surface area contributed by atoms with Gasteiger partial charge in [-0.3, -0.25) is 0 Å². The summed E-state index contributed by atoms with van der Waals surface area (Å²) < 4.78 is 22.0. The summed E-state index contributed by atoms with van der Waals surface area (Å²) in [7, 11) is 0. The van der Waals surface area contributed by atoms with Gasteiger partial charge in [-0.15, -0.1) is 10.2 Å². The summed E-state index contributed by atoms with van der Waals surface area (Å²) in [5, 5.41) is 8.29. The van der Waals surface area contributed by atoms with E-state index in [0.717, 1.165) is 35.7 Å². The van der Waals surface area contributed by atoms with E-state index in [-0.39, 0.29) is 6.79 Å². The van der Waals surface area contributed by atoms with Crippen molar-refractivity contribution in [3.8, 4) is 40.2 Å². The molecule has 0 amide bonds. The van der Waals surface area contributed by atoms with Crippen LogP contribution in [-0.4, -0.2) is 23.6 Å². The molecule has 5 rings (SSSR count). The van der Waals surface area contributed by atoms with Gasteiger partial charge in [0.1, 0.15) is 5.75 Å². The van der Waals surface area contributed by atoms with E-state index < -0.39 is 0 Å². The molecule has 6 heteroatoms. The van der Waals surface area contributed by atoms with Crippen LogP contribution in [0.1, 0.15) is 5.56 Å². The molecule has 0 atom stereocenters. The predicted octanol–water partition coefficient (Wildman–Crippen LogP) is 3.07. The van der Waals surface area contributed by atoms with E-state index in [1.165, 1.54) is 5.56 Å². The fourth-order valence-corrected chi connectivity index (χ4v) is 2.81. The van der Waals surface area contributed by atoms with Crippen LogP contribution >= 0.6 is 0 Å². The van der Waals surface area contributed by atoms with E-state index in [0.29, 0.717) is 17.5 Å². The molecule has 0 bridgehead atoms. The lowest BCUT2D eigenvalue weighted by Crippen LogP contribution is -1.92. The van der Waals surface area contributed by atoms with E-state index in [2.05, 4.69) is 10.2 Å². The molecule has 2 aliphatic rings. The van der Waals surface area contributed by atoms with Crippen molar-refractivity contribution < 1.29 is 18.6 Å². The molecule has 0 N–H and O–H groups in total. The minimum absolute atomic E-state index is 0.241. The largest absolute Gasteiger partial charge is 0.493 e. The third kappa shape index (κ3) is 2.03. The Morgan fingerprint density at radius 2 is 1.48 bits per heavy atom. The van der Waals surface area contributed by atoms with Crippen LogP contribution in [0.3, 0.4) is 0 Å². The Hall–Kier alpha value is -3.02. The number of ether oxygens (including phenoxy) is 3. The second-order valence-electron chi connectivity index (χ2n) is 5.40. The van der Waals surface area contributed by atoms with Crippen molar-refractivity contribution >= 4 is 0 Å². The maximum Gasteiger partial charge on any atom is 0.248 e. The molecule has 23 heavy (non-hydrogen) atoms. The number of nitrogens with zero attached hydrogens (tertiary/aromatic N) is 2. The monoisotopic (exact) mass is 308 g/mol. The van der Waals surface area contributed by atoms with Crippen LogP contribution in [0.15, 0.2) is 40.8 Å². The van der Waals surface area contributed by atoms with Crippen molar-refractivity contribution in [3.63, 3.8) is 0 Å². The van der Waals surface area contributed by atoms with Gasteiger partial charge in [0.25, 0.3) is 0 Å². The number of aromatic nitrogens is 2. The first-order valence-corrected chi connectivity index (χ1v) is 7.36. The average Bonchev–Trinajstić information content (AvgIpc) is 3.32. The SMILES string of the molecule is c1cc2c(cc1-c1nnc(-c3ccc4c(c3)OCO4)o1)CCO2. The Kier molecular flexibility index (Phi) is 2.58. The second kappa shape index (κ2) is 4.74. The highest BCUT2D eigenvalue weighted by Crippen LogP contribution is 2.36. The fraction of sp³-hybridized carbons (Fsp3) is 0.176. The van der Waals surface area contributed by atoms with Crippen LogP contribution in [0, 0.1) is 0 Å². The van der Waals surface area contributed by atoms with Crippen molar-refractivity contribution in [3.05, 3.63) is 42.0 Å². The van der Waals surface area contributed by atoms with E-state index in [1.54, 1.807) is 0 Å². The van der Waals surface area contributed by atoms with Gasteiger partial charge in [0.15, 0.2) is 11.5 Å².